The topological polar surface area (TPSA) is 59.9 Å². The van der Waals surface area contributed by atoms with Gasteiger partial charge in [-0.15, -0.1) is 24.0 Å². The molecule has 1 unspecified atom stereocenters. The summed E-state index contributed by atoms with van der Waals surface area (Å²) in [6.45, 7) is 11.1. The van der Waals surface area contributed by atoms with E-state index >= 15 is 0 Å². The number of aromatic nitrogens is 2. The third-order valence-corrected chi connectivity index (χ3v) is 5.76. The van der Waals surface area contributed by atoms with Crippen LogP contribution in [0.1, 0.15) is 19.4 Å². The van der Waals surface area contributed by atoms with Gasteiger partial charge in [0.05, 0.1) is 0 Å². The van der Waals surface area contributed by atoms with E-state index in [1.54, 1.807) is 12.4 Å². The average Bonchev–Trinajstić information content (AvgIpc) is 2.81. The fourth-order valence-corrected chi connectivity index (χ4v) is 4.07. The highest BCUT2D eigenvalue weighted by Crippen LogP contribution is 2.11. The van der Waals surface area contributed by atoms with Crippen molar-refractivity contribution in [2.75, 3.05) is 57.8 Å². The van der Waals surface area contributed by atoms with E-state index in [1.807, 2.05) is 13.1 Å². The van der Waals surface area contributed by atoms with Crippen molar-refractivity contribution in [3.63, 3.8) is 0 Å². The Hall–Kier alpha value is -1.94. The van der Waals surface area contributed by atoms with Crippen LogP contribution in [0, 0.1) is 0 Å². The number of nitrogens with one attached hydrogen (secondary N) is 1. The number of halogens is 1. The normalized spacial score (nSPS) is 15.5. The molecule has 0 radical (unpaired) electrons. The first-order valence-electron chi connectivity index (χ1n) is 11.0. The third-order valence-electron chi connectivity index (χ3n) is 5.76. The SMILES string of the molecule is CCN(CC)C(CNC(=NC)N1CCN(c2ncccn2)CC1)Cc1ccccc1.I. The predicted molar refractivity (Wildman–Crippen MR) is 139 cm³/mol. The van der Waals surface area contributed by atoms with Crippen molar-refractivity contribution in [3.05, 3.63) is 54.4 Å². The quantitative estimate of drug-likeness (QED) is 0.318. The minimum Gasteiger partial charge on any atom is -0.355 e. The molecule has 1 saturated heterocycles. The van der Waals surface area contributed by atoms with E-state index in [4.69, 9.17) is 0 Å². The Kier molecular flexibility index (Phi) is 11.0. The minimum absolute atomic E-state index is 0. The fourth-order valence-electron chi connectivity index (χ4n) is 4.07. The zero-order valence-electron chi connectivity index (χ0n) is 18.9. The lowest BCUT2D eigenvalue weighted by atomic mass is 10.0. The smallest absolute Gasteiger partial charge is 0.225 e. The molecule has 0 saturated carbocycles. The van der Waals surface area contributed by atoms with E-state index in [9.17, 15) is 0 Å². The molecule has 1 aliphatic heterocycles. The van der Waals surface area contributed by atoms with Crippen molar-refractivity contribution in [2.24, 2.45) is 4.99 Å². The van der Waals surface area contributed by atoms with Crippen molar-refractivity contribution in [2.45, 2.75) is 26.3 Å². The number of guanidine groups is 1. The molecule has 1 fully saturated rings. The van der Waals surface area contributed by atoms with Gasteiger partial charge in [0.2, 0.25) is 5.95 Å². The van der Waals surface area contributed by atoms with Crippen LogP contribution in [0.5, 0.6) is 0 Å². The second-order valence-corrected chi connectivity index (χ2v) is 7.52. The Bertz CT molecular complexity index is 760. The summed E-state index contributed by atoms with van der Waals surface area (Å²) < 4.78 is 0. The molecule has 8 heteroatoms. The lowest BCUT2D eigenvalue weighted by Crippen LogP contribution is -2.55. The van der Waals surface area contributed by atoms with E-state index in [2.05, 4.69) is 79.2 Å². The zero-order chi connectivity index (χ0) is 21.2. The molecule has 1 atom stereocenters. The first-order valence-corrected chi connectivity index (χ1v) is 11.0. The Morgan fingerprint density at radius 1 is 1.03 bits per heavy atom. The number of anilines is 1. The van der Waals surface area contributed by atoms with Crippen molar-refractivity contribution in [1.29, 1.82) is 0 Å². The Morgan fingerprint density at radius 2 is 1.68 bits per heavy atom. The zero-order valence-corrected chi connectivity index (χ0v) is 21.3. The molecular formula is C23H36IN7. The summed E-state index contributed by atoms with van der Waals surface area (Å²) in [5.74, 6) is 1.79. The highest BCUT2D eigenvalue weighted by molar-refractivity contribution is 14.0. The minimum atomic E-state index is 0. The molecule has 0 bridgehead atoms. The van der Waals surface area contributed by atoms with Gasteiger partial charge in [-0.1, -0.05) is 44.2 Å². The van der Waals surface area contributed by atoms with Crippen LogP contribution in [0.2, 0.25) is 0 Å². The van der Waals surface area contributed by atoms with E-state index in [-0.39, 0.29) is 24.0 Å². The monoisotopic (exact) mass is 537 g/mol. The summed E-state index contributed by atoms with van der Waals surface area (Å²) in [4.78, 5) is 20.4. The number of hydrogen-bond acceptors (Lipinski definition) is 5. The Morgan fingerprint density at radius 3 is 2.26 bits per heavy atom. The van der Waals surface area contributed by atoms with Crippen LogP contribution in [-0.4, -0.2) is 84.6 Å². The van der Waals surface area contributed by atoms with Crippen molar-refractivity contribution in [3.8, 4) is 0 Å². The lowest BCUT2D eigenvalue weighted by molar-refractivity contribution is 0.213. The first-order chi connectivity index (χ1) is 14.7. The number of benzene rings is 1. The van der Waals surface area contributed by atoms with Crippen LogP contribution >= 0.6 is 24.0 Å². The number of aliphatic imine (C=N–C) groups is 1. The maximum atomic E-state index is 4.56. The van der Waals surface area contributed by atoms with Gasteiger partial charge in [-0.05, 0) is 31.1 Å². The predicted octanol–water partition coefficient (Wildman–Crippen LogP) is 2.75. The van der Waals surface area contributed by atoms with E-state index in [1.165, 1.54) is 5.56 Å². The molecule has 1 aliphatic rings. The van der Waals surface area contributed by atoms with Gasteiger partial charge in [-0.3, -0.25) is 9.89 Å². The Labute approximate surface area is 204 Å². The highest BCUT2D eigenvalue weighted by atomic mass is 127. The van der Waals surface area contributed by atoms with Gasteiger partial charge >= 0.3 is 0 Å². The maximum absolute atomic E-state index is 4.56. The van der Waals surface area contributed by atoms with Crippen LogP contribution < -0.4 is 10.2 Å². The van der Waals surface area contributed by atoms with Gasteiger partial charge in [0.15, 0.2) is 5.96 Å². The number of nitrogens with zero attached hydrogens (tertiary/aromatic N) is 6. The molecular weight excluding hydrogens is 501 g/mol. The second kappa shape index (κ2) is 13.5. The molecule has 2 aromatic rings. The summed E-state index contributed by atoms with van der Waals surface area (Å²) in [5.41, 5.74) is 1.38. The molecule has 0 aliphatic carbocycles. The number of hydrogen-bond donors (Lipinski definition) is 1. The van der Waals surface area contributed by atoms with Gasteiger partial charge in [-0.25, -0.2) is 9.97 Å². The van der Waals surface area contributed by atoms with Gasteiger partial charge in [0, 0.05) is 58.2 Å². The molecule has 1 aromatic carbocycles. The molecule has 1 aromatic heterocycles. The number of likely N-dealkylation sites (N-methyl/N-ethyl adjacent to an activating group) is 1. The Balaban J connectivity index is 0.00000341. The summed E-state index contributed by atoms with van der Waals surface area (Å²) in [6.07, 6.45) is 4.64. The molecule has 1 N–H and O–H groups in total. The molecule has 170 valence electrons. The highest BCUT2D eigenvalue weighted by Gasteiger charge is 2.23. The van der Waals surface area contributed by atoms with Gasteiger partial charge in [-0.2, -0.15) is 0 Å². The lowest BCUT2D eigenvalue weighted by Gasteiger charge is -2.37. The average molecular weight is 537 g/mol. The van der Waals surface area contributed by atoms with Gasteiger partial charge < -0.3 is 15.1 Å². The van der Waals surface area contributed by atoms with Crippen molar-refractivity contribution < 1.29 is 0 Å². The summed E-state index contributed by atoms with van der Waals surface area (Å²) in [7, 11) is 1.87. The van der Waals surface area contributed by atoms with Gasteiger partial charge in [0.25, 0.3) is 0 Å². The number of piperazine rings is 1. The van der Waals surface area contributed by atoms with Crippen LogP contribution in [0.15, 0.2) is 53.8 Å². The van der Waals surface area contributed by atoms with Crippen LogP contribution in [0.25, 0.3) is 0 Å². The molecule has 31 heavy (non-hydrogen) atoms. The summed E-state index contributed by atoms with van der Waals surface area (Å²) >= 11 is 0. The standard InChI is InChI=1S/C23H35N7.HI/c1-4-28(5-2)21(18-20-10-7-6-8-11-20)19-27-22(24-3)29-14-16-30(17-15-29)23-25-12-9-13-26-23;/h6-13,21H,4-5,14-19H2,1-3H3,(H,24,27);1H. The van der Waals surface area contributed by atoms with Gasteiger partial charge in [0.1, 0.15) is 0 Å². The van der Waals surface area contributed by atoms with E-state index in [0.717, 1.165) is 64.1 Å². The molecule has 0 spiro atoms. The van der Waals surface area contributed by atoms with E-state index < -0.39 is 0 Å². The van der Waals surface area contributed by atoms with Crippen LogP contribution in [0.3, 0.4) is 0 Å². The van der Waals surface area contributed by atoms with Crippen LogP contribution in [-0.2, 0) is 6.42 Å². The number of rotatable bonds is 8. The summed E-state index contributed by atoms with van der Waals surface area (Å²) in [6, 6.07) is 13.0. The molecule has 3 rings (SSSR count). The van der Waals surface area contributed by atoms with Crippen molar-refractivity contribution >= 4 is 35.9 Å². The fraction of sp³-hybridized carbons (Fsp3) is 0.522. The first kappa shape index (κ1) is 25.3. The largest absolute Gasteiger partial charge is 0.355 e. The molecule has 2 heterocycles. The van der Waals surface area contributed by atoms with Crippen LogP contribution in [0.4, 0.5) is 5.95 Å². The molecule has 0 amide bonds. The maximum Gasteiger partial charge on any atom is 0.225 e. The molecule has 7 nitrogen and oxygen atoms in total. The second-order valence-electron chi connectivity index (χ2n) is 7.52. The van der Waals surface area contributed by atoms with Crippen molar-refractivity contribution in [1.82, 2.24) is 25.1 Å². The third kappa shape index (κ3) is 7.31. The van der Waals surface area contributed by atoms with E-state index in [0.29, 0.717) is 6.04 Å². The summed E-state index contributed by atoms with van der Waals surface area (Å²) in [5, 5.41) is 3.65.